The molecule has 0 saturated carbocycles. The van der Waals surface area contributed by atoms with Gasteiger partial charge in [0.25, 0.3) is 11.5 Å². The van der Waals surface area contributed by atoms with E-state index >= 15 is 0 Å². The summed E-state index contributed by atoms with van der Waals surface area (Å²) in [4.78, 5) is 31.6. The van der Waals surface area contributed by atoms with Crippen LogP contribution >= 0.6 is 34.7 Å². The maximum Gasteiger partial charge on any atom is 0.283 e. The van der Waals surface area contributed by atoms with Gasteiger partial charge in [0.2, 0.25) is 0 Å². The second kappa shape index (κ2) is 8.16. The Morgan fingerprint density at radius 2 is 1.94 bits per heavy atom. The molecule has 2 aromatic carbocycles. The lowest BCUT2D eigenvalue weighted by atomic mass is 10.1. The predicted molar refractivity (Wildman–Crippen MR) is 127 cm³/mol. The standard InChI is InChI=1S/C22H14ClFN4O2S2/c1-11-17-20(32-18(11)19(29)25-15-5-3-2-4-14(15)23)26-22-28(21(17)30)27-16(10-31-22)12-6-8-13(24)9-7-12/h2-9H,10H2,1H3,(H,25,29). The van der Waals surface area contributed by atoms with Crippen LogP contribution in [0.4, 0.5) is 10.1 Å². The Kier molecular flexibility index (Phi) is 5.32. The van der Waals surface area contributed by atoms with Crippen LogP contribution in [0, 0.1) is 12.7 Å². The number of aromatic nitrogens is 2. The van der Waals surface area contributed by atoms with Crippen LogP contribution < -0.4 is 10.9 Å². The number of hydrogen-bond acceptors (Lipinski definition) is 6. The van der Waals surface area contributed by atoms with Crippen LogP contribution in [0.15, 0.2) is 63.6 Å². The third-order valence-electron chi connectivity index (χ3n) is 4.98. The number of nitrogens with zero attached hydrogens (tertiary/aromatic N) is 3. The highest BCUT2D eigenvalue weighted by molar-refractivity contribution is 7.99. The Bertz CT molecular complexity index is 1480. The Morgan fingerprint density at radius 3 is 2.69 bits per heavy atom. The van der Waals surface area contributed by atoms with E-state index in [0.29, 0.717) is 48.0 Å². The highest BCUT2D eigenvalue weighted by Crippen LogP contribution is 2.32. The monoisotopic (exact) mass is 484 g/mol. The number of halogens is 2. The van der Waals surface area contributed by atoms with E-state index in [-0.39, 0.29) is 17.3 Å². The smallest absolute Gasteiger partial charge is 0.283 e. The molecule has 0 bridgehead atoms. The molecule has 1 aliphatic heterocycles. The van der Waals surface area contributed by atoms with Crippen molar-refractivity contribution in [3.05, 3.63) is 85.7 Å². The van der Waals surface area contributed by atoms with Gasteiger partial charge in [-0.1, -0.05) is 47.6 Å². The molecule has 1 aliphatic rings. The van der Waals surface area contributed by atoms with Crippen LogP contribution in [0.25, 0.3) is 10.2 Å². The topological polar surface area (TPSA) is 76.3 Å². The average Bonchev–Trinajstić information content (AvgIpc) is 3.12. The van der Waals surface area contributed by atoms with Crippen molar-refractivity contribution in [1.29, 1.82) is 0 Å². The van der Waals surface area contributed by atoms with Crippen molar-refractivity contribution in [3.63, 3.8) is 0 Å². The number of benzene rings is 2. The zero-order valence-electron chi connectivity index (χ0n) is 16.6. The Morgan fingerprint density at radius 1 is 1.19 bits per heavy atom. The minimum Gasteiger partial charge on any atom is -0.320 e. The van der Waals surface area contributed by atoms with Gasteiger partial charge in [-0.15, -0.1) is 11.3 Å². The Labute approximate surface area is 194 Å². The highest BCUT2D eigenvalue weighted by Gasteiger charge is 2.24. The summed E-state index contributed by atoms with van der Waals surface area (Å²) >= 11 is 8.67. The lowest BCUT2D eigenvalue weighted by molar-refractivity contribution is 0.103. The summed E-state index contributed by atoms with van der Waals surface area (Å²) in [6.07, 6.45) is 0. The first-order valence-electron chi connectivity index (χ1n) is 9.51. The number of carbonyl (C=O) groups excluding carboxylic acids is 1. The van der Waals surface area contributed by atoms with Gasteiger partial charge in [0.05, 0.1) is 26.7 Å². The number of thioether (sulfide) groups is 1. The number of aryl methyl sites for hydroxylation is 1. The van der Waals surface area contributed by atoms with Crippen molar-refractivity contribution in [2.75, 3.05) is 11.1 Å². The molecule has 0 unspecified atom stereocenters. The van der Waals surface area contributed by atoms with Gasteiger partial charge in [-0.3, -0.25) is 9.59 Å². The molecule has 6 nitrogen and oxygen atoms in total. The lowest BCUT2D eigenvalue weighted by Gasteiger charge is -2.15. The van der Waals surface area contributed by atoms with Crippen molar-refractivity contribution in [2.24, 2.45) is 5.10 Å². The average molecular weight is 485 g/mol. The maximum atomic E-state index is 13.3. The number of rotatable bonds is 3. The summed E-state index contributed by atoms with van der Waals surface area (Å²) in [5.41, 5.74) is 2.07. The van der Waals surface area contributed by atoms with Crippen LogP contribution in [0.2, 0.25) is 5.02 Å². The second-order valence-electron chi connectivity index (χ2n) is 7.02. The van der Waals surface area contributed by atoms with E-state index in [1.54, 1.807) is 43.3 Å². The number of carbonyl (C=O) groups is 1. The van der Waals surface area contributed by atoms with E-state index in [1.165, 1.54) is 28.6 Å². The number of fused-ring (bicyclic) bond motifs is 2. The fourth-order valence-electron chi connectivity index (χ4n) is 3.36. The molecule has 3 heterocycles. The second-order valence-corrected chi connectivity index (χ2v) is 9.37. The van der Waals surface area contributed by atoms with E-state index in [4.69, 9.17) is 11.6 Å². The normalized spacial score (nSPS) is 13.0. The SMILES string of the molecule is Cc1c(C(=O)Nc2ccccc2Cl)sc2nc3n(c(=O)c12)N=C(c1ccc(F)cc1)CS3. The molecular weight excluding hydrogens is 471 g/mol. The lowest BCUT2D eigenvalue weighted by Crippen LogP contribution is -2.25. The fourth-order valence-corrected chi connectivity index (χ4v) is 5.56. The largest absolute Gasteiger partial charge is 0.320 e. The number of hydrogen-bond donors (Lipinski definition) is 1. The van der Waals surface area contributed by atoms with E-state index in [9.17, 15) is 14.0 Å². The van der Waals surface area contributed by atoms with Gasteiger partial charge in [-0.25, -0.2) is 9.37 Å². The molecule has 0 aliphatic carbocycles. The van der Waals surface area contributed by atoms with Crippen molar-refractivity contribution in [2.45, 2.75) is 12.1 Å². The zero-order valence-corrected chi connectivity index (χ0v) is 18.9. The quantitative estimate of drug-likeness (QED) is 0.407. The van der Waals surface area contributed by atoms with E-state index < -0.39 is 0 Å². The first kappa shape index (κ1) is 20.9. The van der Waals surface area contributed by atoms with Gasteiger partial charge in [0.15, 0.2) is 5.16 Å². The first-order chi connectivity index (χ1) is 15.4. The van der Waals surface area contributed by atoms with Crippen molar-refractivity contribution < 1.29 is 9.18 Å². The van der Waals surface area contributed by atoms with Crippen LogP contribution in [0.5, 0.6) is 0 Å². The van der Waals surface area contributed by atoms with Gasteiger partial charge >= 0.3 is 0 Å². The predicted octanol–water partition coefficient (Wildman–Crippen LogP) is 5.17. The first-order valence-corrected chi connectivity index (χ1v) is 11.7. The summed E-state index contributed by atoms with van der Waals surface area (Å²) in [6, 6.07) is 12.9. The fraction of sp³-hybridized carbons (Fsp3) is 0.0909. The van der Waals surface area contributed by atoms with Gasteiger partial charge in [0, 0.05) is 5.75 Å². The van der Waals surface area contributed by atoms with Crippen LogP contribution in [-0.4, -0.2) is 27.0 Å². The van der Waals surface area contributed by atoms with E-state index in [1.807, 2.05) is 0 Å². The van der Waals surface area contributed by atoms with Gasteiger partial charge in [0.1, 0.15) is 10.6 Å². The van der Waals surface area contributed by atoms with Crippen LogP contribution in [0.1, 0.15) is 20.8 Å². The van der Waals surface area contributed by atoms with Crippen LogP contribution in [-0.2, 0) is 0 Å². The molecule has 0 radical (unpaired) electrons. The zero-order chi connectivity index (χ0) is 22.4. The minimum absolute atomic E-state index is 0.338. The van der Waals surface area contributed by atoms with Crippen molar-refractivity contribution >= 4 is 62.2 Å². The third kappa shape index (κ3) is 3.62. The molecule has 5 rings (SSSR count). The summed E-state index contributed by atoms with van der Waals surface area (Å²) < 4.78 is 14.5. The van der Waals surface area contributed by atoms with Crippen LogP contribution in [0.3, 0.4) is 0 Å². The number of amides is 1. The summed E-state index contributed by atoms with van der Waals surface area (Å²) in [7, 11) is 0. The molecule has 2 aromatic heterocycles. The molecule has 0 fully saturated rings. The number of anilines is 1. The summed E-state index contributed by atoms with van der Waals surface area (Å²) in [5, 5.41) is 8.49. The van der Waals surface area contributed by atoms with Crippen molar-refractivity contribution in [3.8, 4) is 0 Å². The van der Waals surface area contributed by atoms with Gasteiger partial charge < -0.3 is 5.32 Å². The number of para-hydroxylation sites is 1. The van der Waals surface area contributed by atoms with E-state index in [0.717, 1.165) is 16.9 Å². The summed E-state index contributed by atoms with van der Waals surface area (Å²) in [6.45, 7) is 1.72. The van der Waals surface area contributed by atoms with Gasteiger partial charge in [-0.2, -0.15) is 9.78 Å². The van der Waals surface area contributed by atoms with E-state index in [2.05, 4.69) is 15.4 Å². The number of nitrogens with one attached hydrogen (secondary N) is 1. The number of thiophene rings is 1. The highest BCUT2D eigenvalue weighted by atomic mass is 35.5. The molecule has 0 spiro atoms. The van der Waals surface area contributed by atoms with Gasteiger partial charge in [-0.05, 0) is 42.3 Å². The molecule has 10 heteroatoms. The molecular formula is C22H14ClFN4O2S2. The molecule has 4 aromatic rings. The molecule has 0 atom stereocenters. The Balaban J connectivity index is 1.57. The minimum atomic E-state index is -0.357. The Hall–Kier alpha value is -3.01. The third-order valence-corrected chi connectivity index (χ3v) is 7.43. The molecule has 32 heavy (non-hydrogen) atoms. The maximum absolute atomic E-state index is 13.3. The molecule has 1 amide bonds. The molecule has 160 valence electrons. The van der Waals surface area contributed by atoms with Crippen molar-refractivity contribution in [1.82, 2.24) is 9.66 Å². The molecule has 0 saturated heterocycles. The molecule has 1 N–H and O–H groups in total. The summed E-state index contributed by atoms with van der Waals surface area (Å²) in [5.74, 6) is -0.201.